The lowest BCUT2D eigenvalue weighted by Crippen LogP contribution is -2.28. The highest BCUT2D eigenvalue weighted by molar-refractivity contribution is 6.10. The quantitative estimate of drug-likeness (QED) is 0.203. The first-order valence-corrected chi connectivity index (χ1v) is 12.2. The van der Waals surface area contributed by atoms with Crippen molar-refractivity contribution < 1.29 is 28.9 Å². The maximum Gasteiger partial charge on any atom is 0.302 e. The summed E-state index contributed by atoms with van der Waals surface area (Å²) >= 11 is 0. The summed E-state index contributed by atoms with van der Waals surface area (Å²) in [5.41, 5.74) is 2.72. The molecule has 0 amide bonds. The topological polar surface area (TPSA) is 113 Å². The van der Waals surface area contributed by atoms with Gasteiger partial charge in [-0.15, -0.1) is 0 Å². The number of phenols is 3. The summed E-state index contributed by atoms with van der Waals surface area (Å²) < 4.78 is 18.4. The van der Waals surface area contributed by atoms with Crippen molar-refractivity contribution in [1.29, 1.82) is 0 Å². The molecule has 37 heavy (non-hydrogen) atoms. The fraction of sp³-hybridized carbons (Fsp3) is 0.300. The molecule has 4 aromatic rings. The molecule has 0 bridgehead atoms. The standard InChI is InChI=1S/C30H30O7/c1-14(2)7-9-16-23(32)20(31)13-19-21-25(34)22-24(33)17(10-8-15(3)4)27-18(11-12-30(5,6)37-27)28(22)36-29(21)35-26(16)19/h7-8,11-13,31-33H,9-10H2,1-6H3. The summed E-state index contributed by atoms with van der Waals surface area (Å²) in [6.07, 6.45) is 8.19. The van der Waals surface area contributed by atoms with Gasteiger partial charge in [-0.3, -0.25) is 4.79 Å². The smallest absolute Gasteiger partial charge is 0.302 e. The Morgan fingerprint density at radius 3 is 2.16 bits per heavy atom. The minimum atomic E-state index is -0.620. The van der Waals surface area contributed by atoms with Gasteiger partial charge in [-0.05, 0) is 72.6 Å². The number of rotatable bonds is 4. The van der Waals surface area contributed by atoms with E-state index in [0.29, 0.717) is 34.2 Å². The van der Waals surface area contributed by atoms with Crippen molar-refractivity contribution in [2.24, 2.45) is 0 Å². The maximum atomic E-state index is 13.9. The molecule has 1 aliphatic rings. The lowest BCUT2D eigenvalue weighted by Gasteiger charge is -2.30. The zero-order valence-electron chi connectivity index (χ0n) is 21.8. The number of allylic oxidation sites excluding steroid dienone is 4. The molecule has 5 rings (SSSR count). The van der Waals surface area contributed by atoms with E-state index in [4.69, 9.17) is 13.6 Å². The molecule has 0 atom stereocenters. The fourth-order valence-corrected chi connectivity index (χ4v) is 4.68. The lowest BCUT2D eigenvalue weighted by atomic mass is 9.94. The Morgan fingerprint density at radius 1 is 0.892 bits per heavy atom. The summed E-state index contributed by atoms with van der Waals surface area (Å²) in [6.45, 7) is 11.6. The highest BCUT2D eigenvalue weighted by Crippen LogP contribution is 2.47. The third-order valence-corrected chi connectivity index (χ3v) is 6.60. The van der Waals surface area contributed by atoms with Gasteiger partial charge >= 0.3 is 5.78 Å². The van der Waals surface area contributed by atoms with E-state index in [2.05, 4.69) is 0 Å². The van der Waals surface area contributed by atoms with Gasteiger partial charge in [-0.1, -0.05) is 23.3 Å². The van der Waals surface area contributed by atoms with Gasteiger partial charge in [0.2, 0.25) is 5.43 Å². The predicted molar refractivity (Wildman–Crippen MR) is 145 cm³/mol. The van der Waals surface area contributed by atoms with Crippen LogP contribution in [-0.2, 0) is 12.8 Å². The number of ether oxygens (including phenoxy) is 1. The molecule has 0 saturated carbocycles. The molecular formula is C30H30O7. The second-order valence-electron chi connectivity index (χ2n) is 10.6. The third-order valence-electron chi connectivity index (χ3n) is 6.60. The number of hydrogen-bond donors (Lipinski definition) is 3. The van der Waals surface area contributed by atoms with E-state index in [9.17, 15) is 20.1 Å². The SMILES string of the molecule is CC(C)=CCc1c2c(c3oc4oc5c(CC=C(C)C)c(O)c(O)cc5c4c(=O)c3c1O)C=CC(C)(C)O2. The van der Waals surface area contributed by atoms with Gasteiger partial charge in [-0.2, -0.15) is 0 Å². The predicted octanol–water partition coefficient (Wildman–Crippen LogP) is 7.01. The molecule has 2 aromatic carbocycles. The normalized spacial score (nSPS) is 14.1. The van der Waals surface area contributed by atoms with Gasteiger partial charge in [0.1, 0.15) is 33.5 Å². The van der Waals surface area contributed by atoms with Crippen LogP contribution >= 0.6 is 0 Å². The number of furan rings is 1. The molecule has 0 aliphatic carbocycles. The second-order valence-corrected chi connectivity index (χ2v) is 10.6. The van der Waals surface area contributed by atoms with Crippen LogP contribution in [0.15, 0.2) is 49.1 Å². The van der Waals surface area contributed by atoms with E-state index in [0.717, 1.165) is 11.1 Å². The zero-order chi connectivity index (χ0) is 26.8. The first-order chi connectivity index (χ1) is 17.4. The number of hydrogen-bond acceptors (Lipinski definition) is 7. The van der Waals surface area contributed by atoms with Crippen LogP contribution in [0.5, 0.6) is 23.0 Å². The van der Waals surface area contributed by atoms with Gasteiger partial charge in [0.25, 0.3) is 0 Å². The number of phenolic OH excluding ortho intramolecular Hbond substituents is 3. The van der Waals surface area contributed by atoms with Crippen LogP contribution in [0, 0.1) is 0 Å². The molecule has 0 unspecified atom stereocenters. The van der Waals surface area contributed by atoms with Crippen LogP contribution in [-0.4, -0.2) is 20.9 Å². The molecule has 0 radical (unpaired) electrons. The second kappa shape index (κ2) is 8.47. The van der Waals surface area contributed by atoms with Crippen molar-refractivity contribution in [3.8, 4) is 23.0 Å². The molecule has 3 heterocycles. The Balaban J connectivity index is 1.93. The van der Waals surface area contributed by atoms with Crippen LogP contribution < -0.4 is 10.2 Å². The molecule has 1 aliphatic heterocycles. The molecule has 0 fully saturated rings. The van der Waals surface area contributed by atoms with Gasteiger partial charge in [-0.25, -0.2) is 0 Å². The van der Waals surface area contributed by atoms with Crippen molar-refractivity contribution >= 4 is 39.2 Å². The minimum Gasteiger partial charge on any atom is -0.507 e. The van der Waals surface area contributed by atoms with Crippen molar-refractivity contribution in [1.82, 2.24) is 0 Å². The Hall–Kier alpha value is -4.13. The van der Waals surface area contributed by atoms with Crippen molar-refractivity contribution in [3.63, 3.8) is 0 Å². The number of fused-ring (bicyclic) bond motifs is 6. The third kappa shape index (κ3) is 3.95. The van der Waals surface area contributed by atoms with Crippen LogP contribution in [0.25, 0.3) is 39.2 Å². The summed E-state index contributed by atoms with van der Waals surface area (Å²) in [7, 11) is 0. The van der Waals surface area contributed by atoms with Crippen molar-refractivity contribution in [2.45, 2.75) is 60.0 Å². The monoisotopic (exact) mass is 502 g/mol. The van der Waals surface area contributed by atoms with E-state index < -0.39 is 11.0 Å². The van der Waals surface area contributed by atoms with Gasteiger partial charge < -0.3 is 28.9 Å². The van der Waals surface area contributed by atoms with Crippen LogP contribution in [0.3, 0.4) is 0 Å². The van der Waals surface area contributed by atoms with Crippen molar-refractivity contribution in [3.05, 3.63) is 62.4 Å². The molecule has 7 heteroatoms. The van der Waals surface area contributed by atoms with Gasteiger partial charge in [0, 0.05) is 16.5 Å². The maximum absolute atomic E-state index is 13.9. The number of aromatic hydroxyl groups is 3. The Bertz CT molecular complexity index is 1750. The van der Waals surface area contributed by atoms with Crippen LogP contribution in [0.1, 0.15) is 58.2 Å². The number of benzene rings is 2. The van der Waals surface area contributed by atoms with Crippen LogP contribution in [0.4, 0.5) is 0 Å². The van der Waals surface area contributed by atoms with E-state index in [1.807, 2.05) is 65.8 Å². The fourth-order valence-electron chi connectivity index (χ4n) is 4.68. The Kier molecular flexibility index (Phi) is 5.62. The van der Waals surface area contributed by atoms with Gasteiger partial charge in [0.05, 0.1) is 5.56 Å². The zero-order valence-corrected chi connectivity index (χ0v) is 21.8. The largest absolute Gasteiger partial charge is 0.507 e. The van der Waals surface area contributed by atoms with Gasteiger partial charge in [0.15, 0.2) is 17.1 Å². The first kappa shape index (κ1) is 24.6. The summed E-state index contributed by atoms with van der Waals surface area (Å²) in [5, 5.41) is 32.8. The highest BCUT2D eigenvalue weighted by Gasteiger charge is 2.32. The van der Waals surface area contributed by atoms with E-state index in [1.54, 1.807) is 0 Å². The summed E-state index contributed by atoms with van der Waals surface area (Å²) in [4.78, 5) is 13.9. The molecule has 2 aromatic heterocycles. The summed E-state index contributed by atoms with van der Waals surface area (Å²) in [5.74, 6) is -0.510. The summed E-state index contributed by atoms with van der Waals surface area (Å²) in [6, 6.07) is 1.29. The molecule has 192 valence electrons. The Labute approximate surface area is 213 Å². The minimum absolute atomic E-state index is 0.0116. The van der Waals surface area contributed by atoms with Crippen molar-refractivity contribution in [2.75, 3.05) is 0 Å². The molecule has 7 nitrogen and oxygen atoms in total. The molecule has 3 N–H and O–H groups in total. The van der Waals surface area contributed by atoms with E-state index in [1.165, 1.54) is 6.07 Å². The molecule has 0 spiro atoms. The Morgan fingerprint density at radius 2 is 1.51 bits per heavy atom. The molecule has 0 saturated heterocycles. The van der Waals surface area contributed by atoms with E-state index in [-0.39, 0.29) is 51.4 Å². The highest BCUT2D eigenvalue weighted by atomic mass is 16.5. The average molecular weight is 503 g/mol. The van der Waals surface area contributed by atoms with Crippen LogP contribution in [0.2, 0.25) is 0 Å². The average Bonchev–Trinajstić information content (AvgIpc) is 3.16. The van der Waals surface area contributed by atoms with E-state index >= 15 is 0 Å². The molecular weight excluding hydrogens is 472 g/mol. The lowest BCUT2D eigenvalue weighted by molar-refractivity contribution is 0.157. The first-order valence-electron chi connectivity index (χ1n) is 12.2.